The van der Waals surface area contributed by atoms with E-state index in [1.807, 2.05) is 0 Å². The molecule has 0 aliphatic heterocycles. The number of carbonyl (C=O) groups excluding carboxylic acids is 1. The average Bonchev–Trinajstić information content (AvgIpc) is 2.72. The SMILES string of the molecule is Cn1nnnc1SCC(=O)Nc1cccc(Cl)c1. The van der Waals surface area contributed by atoms with Gasteiger partial charge in [-0.1, -0.05) is 29.4 Å². The van der Waals surface area contributed by atoms with Crippen molar-refractivity contribution in [2.45, 2.75) is 5.16 Å². The third kappa shape index (κ3) is 3.44. The van der Waals surface area contributed by atoms with Crippen LogP contribution in [0.2, 0.25) is 5.02 Å². The first-order valence-electron chi connectivity index (χ1n) is 5.06. The first-order valence-corrected chi connectivity index (χ1v) is 6.42. The summed E-state index contributed by atoms with van der Waals surface area (Å²) in [5, 5.41) is 14.9. The van der Waals surface area contributed by atoms with Gasteiger partial charge in [-0.2, -0.15) is 0 Å². The lowest BCUT2D eigenvalue weighted by Gasteiger charge is -2.04. The van der Waals surface area contributed by atoms with Crippen LogP contribution in [0, 0.1) is 0 Å². The maximum atomic E-state index is 11.7. The number of carbonyl (C=O) groups is 1. The summed E-state index contributed by atoms with van der Waals surface area (Å²) < 4.78 is 1.51. The summed E-state index contributed by atoms with van der Waals surface area (Å²) in [7, 11) is 1.72. The lowest BCUT2D eigenvalue weighted by molar-refractivity contribution is -0.113. The molecule has 0 unspecified atom stereocenters. The van der Waals surface area contributed by atoms with E-state index in [2.05, 4.69) is 20.8 Å². The zero-order chi connectivity index (χ0) is 13.0. The number of nitrogens with zero attached hydrogens (tertiary/aromatic N) is 4. The van der Waals surface area contributed by atoms with Crippen LogP contribution in [0.5, 0.6) is 0 Å². The summed E-state index contributed by atoms with van der Waals surface area (Å²) in [6, 6.07) is 6.99. The van der Waals surface area contributed by atoms with E-state index in [1.54, 1.807) is 31.3 Å². The second kappa shape index (κ2) is 5.83. The van der Waals surface area contributed by atoms with E-state index in [1.165, 1.54) is 16.4 Å². The first-order chi connectivity index (χ1) is 8.65. The van der Waals surface area contributed by atoms with Crippen LogP contribution >= 0.6 is 23.4 Å². The van der Waals surface area contributed by atoms with Crippen LogP contribution in [-0.2, 0) is 11.8 Å². The van der Waals surface area contributed by atoms with E-state index >= 15 is 0 Å². The van der Waals surface area contributed by atoms with Crippen molar-refractivity contribution >= 4 is 35.0 Å². The highest BCUT2D eigenvalue weighted by molar-refractivity contribution is 7.99. The molecule has 0 saturated heterocycles. The highest BCUT2D eigenvalue weighted by Crippen LogP contribution is 2.16. The molecule has 8 heteroatoms. The summed E-state index contributed by atoms with van der Waals surface area (Å²) in [5.74, 6) is 0.103. The number of tetrazole rings is 1. The number of aromatic nitrogens is 4. The minimum absolute atomic E-state index is 0.134. The lowest BCUT2D eigenvalue weighted by Crippen LogP contribution is -2.14. The van der Waals surface area contributed by atoms with Crippen molar-refractivity contribution in [3.8, 4) is 0 Å². The number of nitrogens with one attached hydrogen (secondary N) is 1. The molecule has 6 nitrogen and oxygen atoms in total. The zero-order valence-electron chi connectivity index (χ0n) is 9.50. The summed E-state index contributed by atoms with van der Waals surface area (Å²) >= 11 is 7.09. The Labute approximate surface area is 113 Å². The van der Waals surface area contributed by atoms with Crippen LogP contribution in [0.3, 0.4) is 0 Å². The molecule has 94 valence electrons. The van der Waals surface area contributed by atoms with Crippen molar-refractivity contribution in [1.29, 1.82) is 0 Å². The molecule has 18 heavy (non-hydrogen) atoms. The van der Waals surface area contributed by atoms with Gasteiger partial charge in [0.05, 0.1) is 5.75 Å². The van der Waals surface area contributed by atoms with E-state index in [-0.39, 0.29) is 11.7 Å². The average molecular weight is 284 g/mol. The van der Waals surface area contributed by atoms with Crippen molar-refractivity contribution in [2.24, 2.45) is 7.05 Å². The molecule has 2 aromatic rings. The van der Waals surface area contributed by atoms with Gasteiger partial charge in [0.1, 0.15) is 0 Å². The molecule has 2 rings (SSSR count). The number of aryl methyl sites for hydroxylation is 1. The van der Waals surface area contributed by atoms with Crippen LogP contribution in [0.15, 0.2) is 29.4 Å². The number of halogens is 1. The lowest BCUT2D eigenvalue weighted by atomic mass is 10.3. The van der Waals surface area contributed by atoms with Crippen LogP contribution < -0.4 is 5.32 Å². The topological polar surface area (TPSA) is 72.7 Å². The number of hydrogen-bond donors (Lipinski definition) is 1. The third-order valence-corrected chi connectivity index (χ3v) is 3.27. The van der Waals surface area contributed by atoms with Crippen molar-refractivity contribution in [3.63, 3.8) is 0 Å². The Kier molecular flexibility index (Phi) is 4.16. The Hall–Kier alpha value is -1.60. The first kappa shape index (κ1) is 12.8. The monoisotopic (exact) mass is 283 g/mol. The van der Waals surface area contributed by atoms with Gasteiger partial charge in [-0.3, -0.25) is 4.79 Å². The summed E-state index contributed by atoms with van der Waals surface area (Å²) in [6.45, 7) is 0. The van der Waals surface area contributed by atoms with Gasteiger partial charge in [-0.25, -0.2) is 4.68 Å². The van der Waals surface area contributed by atoms with E-state index in [9.17, 15) is 4.79 Å². The molecule has 0 saturated carbocycles. The van der Waals surface area contributed by atoms with Crippen LogP contribution in [-0.4, -0.2) is 31.9 Å². The van der Waals surface area contributed by atoms with Gasteiger partial charge in [-0.15, -0.1) is 5.10 Å². The summed E-state index contributed by atoms with van der Waals surface area (Å²) in [4.78, 5) is 11.7. The molecule has 0 aliphatic carbocycles. The van der Waals surface area contributed by atoms with Crippen LogP contribution in [0.25, 0.3) is 0 Å². The largest absolute Gasteiger partial charge is 0.325 e. The van der Waals surface area contributed by atoms with Crippen molar-refractivity contribution in [2.75, 3.05) is 11.1 Å². The summed E-state index contributed by atoms with van der Waals surface area (Å²) in [5.41, 5.74) is 0.671. The normalized spacial score (nSPS) is 10.3. The number of benzene rings is 1. The van der Waals surface area contributed by atoms with Crippen LogP contribution in [0.4, 0.5) is 5.69 Å². The standard InChI is InChI=1S/C10H10ClN5OS/c1-16-10(13-14-15-16)18-6-9(17)12-8-4-2-3-7(11)5-8/h2-5H,6H2,1H3,(H,12,17). The Morgan fingerprint density at radius 1 is 1.56 bits per heavy atom. The smallest absolute Gasteiger partial charge is 0.234 e. The number of amides is 1. The Morgan fingerprint density at radius 3 is 3.06 bits per heavy atom. The van der Waals surface area contributed by atoms with Gasteiger partial charge in [0.15, 0.2) is 0 Å². The minimum Gasteiger partial charge on any atom is -0.325 e. The van der Waals surface area contributed by atoms with Gasteiger partial charge in [0.2, 0.25) is 11.1 Å². The number of rotatable bonds is 4. The van der Waals surface area contributed by atoms with Crippen molar-refractivity contribution in [3.05, 3.63) is 29.3 Å². The highest BCUT2D eigenvalue weighted by atomic mass is 35.5. The summed E-state index contributed by atoms with van der Waals surface area (Å²) in [6.07, 6.45) is 0. The molecular weight excluding hydrogens is 274 g/mol. The van der Waals surface area contributed by atoms with Gasteiger partial charge in [0.25, 0.3) is 0 Å². The van der Waals surface area contributed by atoms with E-state index < -0.39 is 0 Å². The predicted molar refractivity (Wildman–Crippen MR) is 69.6 cm³/mol. The predicted octanol–water partition coefficient (Wildman–Crippen LogP) is 1.59. The number of hydrogen-bond acceptors (Lipinski definition) is 5. The maximum Gasteiger partial charge on any atom is 0.234 e. The fourth-order valence-corrected chi connectivity index (χ4v) is 2.08. The molecule has 0 bridgehead atoms. The molecule has 1 aromatic heterocycles. The zero-order valence-corrected chi connectivity index (χ0v) is 11.1. The molecule has 1 heterocycles. The molecule has 0 aliphatic rings. The second-order valence-electron chi connectivity index (χ2n) is 3.43. The highest BCUT2D eigenvalue weighted by Gasteiger charge is 2.08. The van der Waals surface area contributed by atoms with E-state index in [4.69, 9.17) is 11.6 Å². The van der Waals surface area contributed by atoms with E-state index in [0.29, 0.717) is 15.9 Å². The van der Waals surface area contributed by atoms with Crippen LogP contribution in [0.1, 0.15) is 0 Å². The van der Waals surface area contributed by atoms with Gasteiger partial charge >= 0.3 is 0 Å². The second-order valence-corrected chi connectivity index (χ2v) is 4.81. The molecule has 0 fully saturated rings. The molecule has 0 radical (unpaired) electrons. The maximum absolute atomic E-state index is 11.7. The molecule has 0 spiro atoms. The van der Waals surface area contributed by atoms with E-state index in [0.717, 1.165) is 0 Å². The Morgan fingerprint density at radius 2 is 2.39 bits per heavy atom. The third-order valence-electron chi connectivity index (χ3n) is 2.02. The minimum atomic E-state index is -0.134. The quantitative estimate of drug-likeness (QED) is 0.863. The number of thioether (sulfide) groups is 1. The number of anilines is 1. The molecule has 0 atom stereocenters. The van der Waals surface area contributed by atoms with Gasteiger partial charge in [0, 0.05) is 17.8 Å². The molecule has 1 amide bonds. The van der Waals surface area contributed by atoms with Crippen molar-refractivity contribution < 1.29 is 4.79 Å². The Bertz CT molecular complexity index is 559. The Balaban J connectivity index is 1.88. The van der Waals surface area contributed by atoms with Crippen molar-refractivity contribution in [1.82, 2.24) is 20.2 Å². The molecular formula is C10H10ClN5OS. The molecule has 1 N–H and O–H groups in total. The fourth-order valence-electron chi connectivity index (χ4n) is 1.24. The van der Waals surface area contributed by atoms with Gasteiger partial charge in [-0.05, 0) is 28.6 Å². The molecule has 1 aromatic carbocycles. The van der Waals surface area contributed by atoms with Gasteiger partial charge < -0.3 is 5.32 Å². The fraction of sp³-hybridized carbons (Fsp3) is 0.200.